The molecule has 0 radical (unpaired) electrons. The summed E-state index contributed by atoms with van der Waals surface area (Å²) < 4.78 is 5.54. The Morgan fingerprint density at radius 1 is 1.09 bits per heavy atom. The van der Waals surface area contributed by atoms with E-state index in [2.05, 4.69) is 39.9 Å². The molecule has 8 nitrogen and oxygen atoms in total. The summed E-state index contributed by atoms with van der Waals surface area (Å²) in [7, 11) is 0. The van der Waals surface area contributed by atoms with Gasteiger partial charge in [0, 0.05) is 30.0 Å². The maximum absolute atomic E-state index is 12.4. The van der Waals surface area contributed by atoms with Crippen molar-refractivity contribution in [3.8, 4) is 11.1 Å². The zero-order valence-electron chi connectivity index (χ0n) is 19.3. The highest BCUT2D eigenvalue weighted by molar-refractivity contribution is 7.15. The molecule has 1 aromatic heterocycles. The van der Waals surface area contributed by atoms with Gasteiger partial charge >= 0.3 is 12.1 Å². The van der Waals surface area contributed by atoms with E-state index < -0.39 is 18.0 Å². The van der Waals surface area contributed by atoms with E-state index >= 15 is 0 Å². The lowest BCUT2D eigenvalue weighted by Gasteiger charge is -2.14. The molecule has 1 atom stereocenters. The van der Waals surface area contributed by atoms with Crippen LogP contribution >= 0.6 is 11.3 Å². The molecular formula is C26H27N3O5S. The summed E-state index contributed by atoms with van der Waals surface area (Å²) in [6.07, 6.45) is 2.18. The lowest BCUT2D eigenvalue weighted by molar-refractivity contribution is -0.141. The van der Waals surface area contributed by atoms with Gasteiger partial charge in [0.25, 0.3) is 0 Å². The molecular weight excluding hydrogens is 466 g/mol. The van der Waals surface area contributed by atoms with E-state index in [1.54, 1.807) is 13.1 Å². The van der Waals surface area contributed by atoms with Crippen molar-refractivity contribution in [2.75, 3.05) is 18.5 Å². The number of aliphatic carboxylic acids is 1. The molecule has 1 aliphatic rings. The number of rotatable bonds is 10. The average molecular weight is 494 g/mol. The van der Waals surface area contributed by atoms with Gasteiger partial charge in [0.15, 0.2) is 5.13 Å². The Balaban J connectivity index is 1.23. The Morgan fingerprint density at radius 3 is 2.40 bits per heavy atom. The van der Waals surface area contributed by atoms with Gasteiger partial charge in [-0.05, 0) is 35.1 Å². The van der Waals surface area contributed by atoms with Crippen molar-refractivity contribution >= 4 is 34.4 Å². The number of carbonyl (C=O) groups excluding carboxylic acids is 2. The van der Waals surface area contributed by atoms with Crippen molar-refractivity contribution in [1.29, 1.82) is 0 Å². The zero-order valence-corrected chi connectivity index (χ0v) is 20.1. The number of carboxylic acid groups (broad SMARTS) is 1. The number of ether oxygens (including phenoxy) is 1. The van der Waals surface area contributed by atoms with E-state index in [9.17, 15) is 14.4 Å². The number of carboxylic acids is 1. The minimum absolute atomic E-state index is 0.0167. The number of fused-ring (bicyclic) bond motifs is 3. The Hall–Kier alpha value is -3.72. The average Bonchev–Trinajstić information content (AvgIpc) is 3.43. The molecule has 2 amide bonds. The number of aromatic nitrogens is 1. The first kappa shape index (κ1) is 24.4. The Kier molecular flexibility index (Phi) is 7.77. The lowest BCUT2D eigenvalue weighted by atomic mass is 9.98. The van der Waals surface area contributed by atoms with E-state index in [1.165, 1.54) is 22.5 Å². The summed E-state index contributed by atoms with van der Waals surface area (Å²) in [5.74, 6) is -1.54. The summed E-state index contributed by atoms with van der Waals surface area (Å²) in [4.78, 5) is 40.3. The molecule has 2 aromatic carbocycles. The molecule has 1 heterocycles. The van der Waals surface area contributed by atoms with E-state index in [0.717, 1.165) is 16.0 Å². The van der Waals surface area contributed by atoms with Crippen LogP contribution < -0.4 is 10.6 Å². The predicted molar refractivity (Wildman–Crippen MR) is 134 cm³/mol. The molecule has 0 saturated carbocycles. The van der Waals surface area contributed by atoms with Crippen LogP contribution in [-0.4, -0.2) is 41.2 Å². The summed E-state index contributed by atoms with van der Waals surface area (Å²) >= 11 is 1.29. The summed E-state index contributed by atoms with van der Waals surface area (Å²) in [5, 5.41) is 14.7. The molecule has 182 valence electrons. The number of nitrogens with one attached hydrogen (secondary N) is 2. The van der Waals surface area contributed by atoms with Crippen LogP contribution in [0.1, 0.15) is 41.7 Å². The Labute approximate surface area is 207 Å². The lowest BCUT2D eigenvalue weighted by Crippen LogP contribution is -2.27. The van der Waals surface area contributed by atoms with E-state index in [0.29, 0.717) is 24.5 Å². The summed E-state index contributed by atoms with van der Waals surface area (Å²) in [6.45, 7) is 2.15. The fourth-order valence-electron chi connectivity index (χ4n) is 4.08. The van der Waals surface area contributed by atoms with Crippen LogP contribution in [0.5, 0.6) is 0 Å². The van der Waals surface area contributed by atoms with Crippen LogP contribution in [0.25, 0.3) is 11.1 Å². The predicted octanol–water partition coefficient (Wildman–Crippen LogP) is 4.66. The molecule has 0 bridgehead atoms. The monoisotopic (exact) mass is 493 g/mol. The van der Waals surface area contributed by atoms with Gasteiger partial charge in [0.05, 0.1) is 5.92 Å². The molecule has 3 N–H and O–H groups in total. The third kappa shape index (κ3) is 6.05. The van der Waals surface area contributed by atoms with Crippen LogP contribution in [0.2, 0.25) is 0 Å². The van der Waals surface area contributed by atoms with Crippen molar-refractivity contribution in [2.45, 2.75) is 32.1 Å². The molecule has 1 aliphatic carbocycles. The van der Waals surface area contributed by atoms with Crippen molar-refractivity contribution in [2.24, 2.45) is 5.92 Å². The van der Waals surface area contributed by atoms with Gasteiger partial charge in [-0.3, -0.25) is 14.9 Å². The van der Waals surface area contributed by atoms with Crippen LogP contribution in [0.15, 0.2) is 54.7 Å². The number of anilines is 1. The first-order valence-electron chi connectivity index (χ1n) is 11.5. The van der Waals surface area contributed by atoms with Crippen LogP contribution in [0.4, 0.5) is 9.93 Å². The largest absolute Gasteiger partial charge is 0.481 e. The molecule has 0 fully saturated rings. The highest BCUT2D eigenvalue weighted by Gasteiger charge is 2.29. The number of benzene rings is 2. The number of nitrogens with zero attached hydrogens (tertiary/aromatic N) is 1. The molecule has 9 heteroatoms. The molecule has 3 aromatic rings. The normalized spacial score (nSPS) is 12.9. The highest BCUT2D eigenvalue weighted by atomic mass is 32.1. The summed E-state index contributed by atoms with van der Waals surface area (Å²) in [6, 6.07) is 16.3. The number of hydrogen-bond acceptors (Lipinski definition) is 6. The van der Waals surface area contributed by atoms with Crippen molar-refractivity contribution < 1.29 is 24.2 Å². The minimum Gasteiger partial charge on any atom is -0.481 e. The topological polar surface area (TPSA) is 118 Å². The fourth-order valence-corrected chi connectivity index (χ4v) is 4.88. The molecule has 4 rings (SSSR count). The second-order valence-electron chi connectivity index (χ2n) is 8.46. The van der Waals surface area contributed by atoms with Crippen molar-refractivity contribution in [3.63, 3.8) is 0 Å². The summed E-state index contributed by atoms with van der Waals surface area (Å²) in [5.41, 5.74) is 4.63. The van der Waals surface area contributed by atoms with Crippen LogP contribution in [0.3, 0.4) is 0 Å². The van der Waals surface area contributed by atoms with Crippen molar-refractivity contribution in [3.05, 3.63) is 70.7 Å². The standard InChI is InChI=1S/C26H27N3O5S/c1-16(24(31)32)12-13-27-23(30)11-10-17-14-28-25(35-17)29-26(33)34-15-22-20-8-4-2-6-18(20)19-7-3-5-9-21(19)22/h2-9,14,16,22H,10-13,15H2,1H3,(H,27,30)(H,31,32)(H,28,29,33). The third-order valence-corrected chi connectivity index (χ3v) is 7.00. The molecule has 1 unspecified atom stereocenters. The third-order valence-electron chi connectivity index (χ3n) is 6.03. The van der Waals surface area contributed by atoms with Gasteiger partial charge in [-0.1, -0.05) is 55.5 Å². The van der Waals surface area contributed by atoms with Gasteiger partial charge in [0.1, 0.15) is 6.61 Å². The maximum atomic E-state index is 12.4. The van der Waals surface area contributed by atoms with Gasteiger partial charge < -0.3 is 15.2 Å². The van der Waals surface area contributed by atoms with Crippen LogP contribution in [0, 0.1) is 5.92 Å². The number of thiazole rings is 1. The Morgan fingerprint density at radius 2 is 1.74 bits per heavy atom. The highest BCUT2D eigenvalue weighted by Crippen LogP contribution is 2.44. The fraction of sp³-hybridized carbons (Fsp3) is 0.308. The molecule has 0 aliphatic heterocycles. The quantitative estimate of drug-likeness (QED) is 0.378. The second kappa shape index (κ2) is 11.1. The smallest absolute Gasteiger partial charge is 0.413 e. The number of carbonyl (C=O) groups is 3. The number of amides is 2. The Bertz CT molecular complexity index is 1180. The van der Waals surface area contributed by atoms with Gasteiger partial charge in [-0.2, -0.15) is 0 Å². The minimum atomic E-state index is -0.875. The van der Waals surface area contributed by atoms with Gasteiger partial charge in [0.2, 0.25) is 5.91 Å². The van der Waals surface area contributed by atoms with E-state index in [4.69, 9.17) is 9.84 Å². The van der Waals surface area contributed by atoms with Crippen molar-refractivity contribution in [1.82, 2.24) is 10.3 Å². The zero-order chi connectivity index (χ0) is 24.8. The first-order chi connectivity index (χ1) is 16.9. The second-order valence-corrected chi connectivity index (χ2v) is 9.58. The van der Waals surface area contributed by atoms with E-state index in [1.807, 2.05) is 24.3 Å². The maximum Gasteiger partial charge on any atom is 0.413 e. The first-order valence-corrected chi connectivity index (χ1v) is 12.3. The SMILES string of the molecule is CC(CCNC(=O)CCc1cnc(NC(=O)OCC2c3ccccc3-c3ccccc32)s1)C(=O)O. The van der Waals surface area contributed by atoms with Gasteiger partial charge in [-0.25, -0.2) is 9.78 Å². The van der Waals surface area contributed by atoms with E-state index in [-0.39, 0.29) is 24.9 Å². The van der Waals surface area contributed by atoms with Gasteiger partial charge in [-0.15, -0.1) is 11.3 Å². The molecule has 35 heavy (non-hydrogen) atoms. The molecule has 0 saturated heterocycles. The number of aryl methyl sites for hydroxylation is 1. The van der Waals surface area contributed by atoms with Crippen LogP contribution in [-0.2, 0) is 20.7 Å². The molecule has 0 spiro atoms. The number of hydrogen-bond donors (Lipinski definition) is 3.